The zero-order chi connectivity index (χ0) is 41.8. The van der Waals surface area contributed by atoms with Crippen LogP contribution in [0.25, 0.3) is 0 Å². The van der Waals surface area contributed by atoms with Crippen LogP contribution < -0.4 is 21.7 Å². The van der Waals surface area contributed by atoms with Crippen molar-refractivity contribution in [3.8, 4) is 0 Å². The number of amides is 3. The van der Waals surface area contributed by atoms with E-state index in [-0.39, 0.29) is 32.3 Å². The van der Waals surface area contributed by atoms with Crippen molar-refractivity contribution in [2.75, 3.05) is 6.61 Å². The second-order valence-corrected chi connectivity index (χ2v) is 17.8. The number of esters is 4. The van der Waals surface area contributed by atoms with E-state index in [1.807, 2.05) is 0 Å². The second kappa shape index (κ2) is 20.0. The summed E-state index contributed by atoms with van der Waals surface area (Å²) < 4.78 is 27.3. The molecule has 0 aromatic heterocycles. The van der Waals surface area contributed by atoms with E-state index in [0.29, 0.717) is 0 Å². The predicted molar refractivity (Wildman–Crippen MR) is 196 cm³/mol. The average Bonchev–Trinajstić information content (AvgIpc) is 2.91. The molecule has 0 unspecified atom stereocenters. The van der Waals surface area contributed by atoms with Gasteiger partial charge in [-0.3, -0.25) is 28.8 Å². The molecule has 0 radical (unpaired) electrons. The Balaban J connectivity index is 6.47. The number of ether oxygens (including phenoxy) is 5. The summed E-state index contributed by atoms with van der Waals surface area (Å²) in [5.74, 6) is -5.64. The third-order valence-corrected chi connectivity index (χ3v) is 6.22. The topological polar surface area (TPSA) is 228 Å². The molecule has 0 saturated carbocycles. The van der Waals surface area contributed by atoms with Gasteiger partial charge in [-0.15, -0.1) is 0 Å². The lowest BCUT2D eigenvalue weighted by atomic mass is 10.1. The van der Waals surface area contributed by atoms with Gasteiger partial charge in [0.2, 0.25) is 17.7 Å². The lowest BCUT2D eigenvalue weighted by Gasteiger charge is -2.29. The van der Waals surface area contributed by atoms with Gasteiger partial charge in [-0.05, 0) is 117 Å². The Bertz CT molecular complexity index is 1280. The van der Waals surface area contributed by atoms with Crippen molar-refractivity contribution in [1.29, 1.82) is 0 Å². The molecule has 0 heterocycles. The summed E-state index contributed by atoms with van der Waals surface area (Å²) in [4.78, 5) is 91.7. The molecule has 16 heteroatoms. The molecule has 0 aromatic carbocycles. The maximum absolute atomic E-state index is 13.8. The van der Waals surface area contributed by atoms with E-state index in [9.17, 15) is 33.6 Å². The van der Waals surface area contributed by atoms with Crippen LogP contribution in [0.4, 0.5) is 0 Å². The Labute approximate surface area is 315 Å². The van der Waals surface area contributed by atoms with Gasteiger partial charge >= 0.3 is 23.9 Å². The summed E-state index contributed by atoms with van der Waals surface area (Å²) in [7, 11) is 0. The molecule has 16 nitrogen and oxygen atoms in total. The van der Waals surface area contributed by atoms with E-state index in [0.717, 1.165) is 0 Å². The molecule has 0 bridgehead atoms. The zero-order valence-corrected chi connectivity index (χ0v) is 34.5. The van der Waals surface area contributed by atoms with Crippen molar-refractivity contribution in [2.24, 2.45) is 5.73 Å². The normalized spacial score (nSPS) is 14.8. The van der Waals surface area contributed by atoms with E-state index in [1.54, 1.807) is 104 Å². The lowest BCUT2D eigenvalue weighted by Crippen LogP contribution is -2.58. The fourth-order valence-corrected chi connectivity index (χ4v) is 4.18. The second-order valence-electron chi connectivity index (χ2n) is 17.8. The molecule has 0 rings (SSSR count). The van der Waals surface area contributed by atoms with Crippen LogP contribution in [-0.4, -0.2) is 100 Å². The minimum Gasteiger partial charge on any atom is -0.460 e. The largest absolute Gasteiger partial charge is 0.460 e. The predicted octanol–water partition coefficient (Wildman–Crippen LogP) is 2.90. The van der Waals surface area contributed by atoms with Gasteiger partial charge in [0.25, 0.3) is 0 Å². The number of nitrogens with two attached hydrogens (primary N) is 1. The van der Waals surface area contributed by atoms with Gasteiger partial charge in [0, 0.05) is 12.8 Å². The number of carbonyl (C=O) groups is 7. The minimum atomic E-state index is -1.60. The molecule has 0 aromatic rings. The summed E-state index contributed by atoms with van der Waals surface area (Å²) in [5.41, 5.74) is 1.90. The Morgan fingerprint density at radius 3 is 1.28 bits per heavy atom. The fraction of sp³-hybridized carbons (Fsp3) is 0.811. The standard InChI is InChI=1S/C37H66N4O12/c1-33(2,3)49-21-25(32(48)53-37(13,14)15)41-30(46)23(17-19-27(43)51-35(7,8)9)39-31(47)24(20-28(44)52-36(10,11)12)40-29(45)22(38)16-18-26(42)50-34(4,5)6/h22-25H,16-21,38H2,1-15H3,(H,39,47)(H,40,45)(H,41,46)/t22-,23-,24-,25-/m0/s1. The van der Waals surface area contributed by atoms with E-state index in [1.165, 1.54) is 0 Å². The Morgan fingerprint density at radius 2 is 0.849 bits per heavy atom. The van der Waals surface area contributed by atoms with Gasteiger partial charge in [-0.1, -0.05) is 0 Å². The van der Waals surface area contributed by atoms with Gasteiger partial charge in [0.05, 0.1) is 24.7 Å². The number of carbonyl (C=O) groups excluding carboxylic acids is 7. The van der Waals surface area contributed by atoms with Gasteiger partial charge in [-0.25, -0.2) is 4.79 Å². The van der Waals surface area contributed by atoms with Crippen LogP contribution in [0.15, 0.2) is 0 Å². The summed E-state index contributed by atoms with van der Waals surface area (Å²) in [6.45, 7) is 24.9. The van der Waals surface area contributed by atoms with E-state index in [2.05, 4.69) is 16.0 Å². The van der Waals surface area contributed by atoms with Crippen LogP contribution in [0, 0.1) is 0 Å². The first-order valence-corrected chi connectivity index (χ1v) is 17.9. The van der Waals surface area contributed by atoms with Crippen molar-refractivity contribution in [3.05, 3.63) is 0 Å². The lowest BCUT2D eigenvalue weighted by molar-refractivity contribution is -0.162. The van der Waals surface area contributed by atoms with E-state index >= 15 is 0 Å². The van der Waals surface area contributed by atoms with Gasteiger partial charge < -0.3 is 45.4 Å². The third-order valence-electron chi connectivity index (χ3n) is 6.22. The monoisotopic (exact) mass is 758 g/mol. The SMILES string of the molecule is CC(C)(C)OC[C@H](NC(=O)[C@H](CCC(=O)OC(C)(C)C)NC(=O)[C@H](CC(=O)OC(C)(C)C)NC(=O)[C@@H](N)CCC(=O)OC(C)(C)C)C(=O)OC(C)(C)C. The highest BCUT2D eigenvalue weighted by Gasteiger charge is 2.35. The number of hydrogen-bond donors (Lipinski definition) is 4. The van der Waals surface area contributed by atoms with Crippen LogP contribution >= 0.6 is 0 Å². The van der Waals surface area contributed by atoms with Crippen molar-refractivity contribution < 1.29 is 57.2 Å². The highest BCUT2D eigenvalue weighted by atomic mass is 16.6. The molecule has 4 atom stereocenters. The number of rotatable bonds is 17. The fourth-order valence-electron chi connectivity index (χ4n) is 4.18. The van der Waals surface area contributed by atoms with Crippen LogP contribution in [-0.2, 0) is 57.2 Å². The molecule has 5 N–H and O–H groups in total. The van der Waals surface area contributed by atoms with Gasteiger partial charge in [0.1, 0.15) is 34.5 Å². The van der Waals surface area contributed by atoms with Crippen molar-refractivity contribution in [3.63, 3.8) is 0 Å². The molecule has 0 aliphatic carbocycles. The maximum atomic E-state index is 13.8. The molecule has 0 aliphatic heterocycles. The van der Waals surface area contributed by atoms with E-state index < -0.39 is 100 Å². The first-order chi connectivity index (χ1) is 23.7. The zero-order valence-electron chi connectivity index (χ0n) is 34.5. The highest BCUT2D eigenvalue weighted by Crippen LogP contribution is 2.15. The molecule has 306 valence electrons. The van der Waals surface area contributed by atoms with Crippen LogP contribution in [0.1, 0.15) is 136 Å². The first-order valence-electron chi connectivity index (χ1n) is 17.9. The van der Waals surface area contributed by atoms with Gasteiger partial charge in [0.15, 0.2) is 6.04 Å². The van der Waals surface area contributed by atoms with Crippen LogP contribution in [0.2, 0.25) is 0 Å². The molecule has 0 saturated heterocycles. The third kappa shape index (κ3) is 25.0. The molecule has 0 aliphatic rings. The summed E-state index contributed by atoms with van der Waals surface area (Å²) in [6.07, 6.45) is -1.61. The van der Waals surface area contributed by atoms with Crippen molar-refractivity contribution in [2.45, 2.75) is 188 Å². The maximum Gasteiger partial charge on any atom is 0.331 e. The molecular formula is C37H66N4O12. The Hall–Kier alpha value is -3.79. The summed E-state index contributed by atoms with van der Waals surface area (Å²) in [6, 6.07) is -5.68. The first kappa shape index (κ1) is 49.2. The van der Waals surface area contributed by atoms with Crippen LogP contribution in [0.5, 0.6) is 0 Å². The number of nitrogens with one attached hydrogen (secondary N) is 3. The molecule has 53 heavy (non-hydrogen) atoms. The smallest absolute Gasteiger partial charge is 0.331 e. The van der Waals surface area contributed by atoms with Crippen molar-refractivity contribution in [1.82, 2.24) is 16.0 Å². The quantitative estimate of drug-likeness (QED) is 0.124. The van der Waals surface area contributed by atoms with Crippen LogP contribution in [0.3, 0.4) is 0 Å². The Morgan fingerprint density at radius 1 is 0.472 bits per heavy atom. The number of hydrogen-bond acceptors (Lipinski definition) is 13. The summed E-state index contributed by atoms with van der Waals surface area (Å²) in [5, 5.41) is 7.47. The Kier molecular flexibility index (Phi) is 18.6. The molecule has 0 fully saturated rings. The molecular weight excluding hydrogens is 692 g/mol. The van der Waals surface area contributed by atoms with Gasteiger partial charge in [-0.2, -0.15) is 0 Å². The average molecular weight is 759 g/mol. The minimum absolute atomic E-state index is 0.134. The highest BCUT2D eigenvalue weighted by molar-refractivity contribution is 5.96. The molecule has 0 spiro atoms. The summed E-state index contributed by atoms with van der Waals surface area (Å²) >= 11 is 0. The van der Waals surface area contributed by atoms with Crippen molar-refractivity contribution >= 4 is 41.6 Å². The van der Waals surface area contributed by atoms with E-state index in [4.69, 9.17) is 29.4 Å². The molecule has 3 amide bonds.